The standard InChI is InChI=1S/C18H27ClN4O.HI/c1-4-21-16(22-11-17(2,3)15(20)24)23-12-18(8-9-18)13-6-5-7-14(19)10-13;/h5-7,10H,4,8-9,11-12H2,1-3H3,(H2,20,24)(H2,21,22,23);1H. The van der Waals surface area contributed by atoms with E-state index in [1.54, 1.807) is 13.8 Å². The Hall–Kier alpha value is -1.02. The van der Waals surface area contributed by atoms with Gasteiger partial charge in [-0.1, -0.05) is 23.7 Å². The van der Waals surface area contributed by atoms with Crippen molar-refractivity contribution >= 4 is 47.4 Å². The lowest BCUT2D eigenvalue weighted by molar-refractivity contribution is -0.125. The molecule has 0 aromatic heterocycles. The maximum Gasteiger partial charge on any atom is 0.224 e. The Bertz CT molecular complexity index is 629. The van der Waals surface area contributed by atoms with Crippen LogP contribution in [-0.2, 0) is 10.2 Å². The fourth-order valence-corrected chi connectivity index (χ4v) is 2.68. The number of carbonyl (C=O) groups is 1. The Morgan fingerprint density at radius 3 is 2.56 bits per heavy atom. The number of primary amides is 1. The Labute approximate surface area is 172 Å². The van der Waals surface area contributed by atoms with Crippen LogP contribution in [0.15, 0.2) is 29.3 Å². The molecule has 1 aliphatic rings. The smallest absolute Gasteiger partial charge is 0.224 e. The molecular weight excluding hydrogens is 451 g/mol. The minimum Gasteiger partial charge on any atom is -0.369 e. The summed E-state index contributed by atoms with van der Waals surface area (Å²) in [5.74, 6) is 0.361. The summed E-state index contributed by atoms with van der Waals surface area (Å²) < 4.78 is 0. The quantitative estimate of drug-likeness (QED) is 0.320. The van der Waals surface area contributed by atoms with Crippen molar-refractivity contribution in [2.24, 2.45) is 16.1 Å². The largest absolute Gasteiger partial charge is 0.369 e. The van der Waals surface area contributed by atoms with Crippen molar-refractivity contribution in [1.82, 2.24) is 10.6 Å². The van der Waals surface area contributed by atoms with E-state index < -0.39 is 5.41 Å². The van der Waals surface area contributed by atoms with Gasteiger partial charge in [0.05, 0.1) is 12.0 Å². The van der Waals surface area contributed by atoms with Crippen LogP contribution in [0.5, 0.6) is 0 Å². The summed E-state index contributed by atoms with van der Waals surface area (Å²) in [6, 6.07) is 8.05. The van der Waals surface area contributed by atoms with Gasteiger partial charge in [-0.05, 0) is 51.3 Å². The summed E-state index contributed by atoms with van der Waals surface area (Å²) in [6.07, 6.45) is 2.26. The predicted octanol–water partition coefficient (Wildman–Crippen LogP) is 3.06. The van der Waals surface area contributed by atoms with Crippen LogP contribution < -0.4 is 16.4 Å². The van der Waals surface area contributed by atoms with E-state index in [1.165, 1.54) is 5.56 Å². The third kappa shape index (κ3) is 6.02. The number of guanidine groups is 1. The highest BCUT2D eigenvalue weighted by Crippen LogP contribution is 2.48. The number of nitrogens with zero attached hydrogens (tertiary/aromatic N) is 1. The number of amides is 1. The first-order chi connectivity index (χ1) is 11.3. The molecule has 0 bridgehead atoms. The predicted molar refractivity (Wildman–Crippen MR) is 115 cm³/mol. The highest BCUT2D eigenvalue weighted by Gasteiger charge is 2.44. The Kier molecular flexibility index (Phi) is 7.99. The zero-order valence-electron chi connectivity index (χ0n) is 15.1. The van der Waals surface area contributed by atoms with E-state index in [4.69, 9.17) is 17.3 Å². The van der Waals surface area contributed by atoms with E-state index in [1.807, 2.05) is 25.1 Å². The highest BCUT2D eigenvalue weighted by atomic mass is 127. The van der Waals surface area contributed by atoms with Gasteiger partial charge in [0.2, 0.25) is 5.91 Å². The van der Waals surface area contributed by atoms with Gasteiger partial charge < -0.3 is 16.4 Å². The maximum absolute atomic E-state index is 11.4. The third-order valence-electron chi connectivity index (χ3n) is 4.53. The molecule has 0 unspecified atom stereocenters. The number of nitrogens with two attached hydrogens (primary N) is 1. The van der Waals surface area contributed by atoms with Crippen molar-refractivity contribution < 1.29 is 4.79 Å². The number of rotatable bonds is 7. The topological polar surface area (TPSA) is 79.5 Å². The normalized spacial score (nSPS) is 15.9. The molecule has 0 aliphatic heterocycles. The molecule has 1 amide bonds. The molecule has 25 heavy (non-hydrogen) atoms. The lowest BCUT2D eigenvalue weighted by Gasteiger charge is -2.21. The molecule has 0 spiro atoms. The summed E-state index contributed by atoms with van der Waals surface area (Å²) in [6.45, 7) is 7.51. The van der Waals surface area contributed by atoms with E-state index in [2.05, 4.69) is 21.7 Å². The molecule has 1 aromatic carbocycles. The van der Waals surface area contributed by atoms with E-state index in [9.17, 15) is 4.79 Å². The van der Waals surface area contributed by atoms with Gasteiger partial charge >= 0.3 is 0 Å². The second-order valence-electron chi connectivity index (χ2n) is 7.09. The molecule has 0 heterocycles. The van der Waals surface area contributed by atoms with E-state index in [0.717, 1.165) is 31.0 Å². The van der Waals surface area contributed by atoms with Gasteiger partial charge in [-0.25, -0.2) is 0 Å². The monoisotopic (exact) mass is 478 g/mol. The van der Waals surface area contributed by atoms with Gasteiger partial charge in [0, 0.05) is 23.5 Å². The summed E-state index contributed by atoms with van der Waals surface area (Å²) in [4.78, 5) is 16.0. The number of hydrogen-bond donors (Lipinski definition) is 3. The van der Waals surface area contributed by atoms with Crippen LogP contribution in [0.3, 0.4) is 0 Å². The van der Waals surface area contributed by atoms with Crippen molar-refractivity contribution in [3.05, 3.63) is 34.9 Å². The first-order valence-electron chi connectivity index (χ1n) is 8.37. The first kappa shape index (κ1) is 22.0. The van der Waals surface area contributed by atoms with Crippen molar-refractivity contribution in [2.75, 3.05) is 19.6 Å². The van der Waals surface area contributed by atoms with E-state index >= 15 is 0 Å². The molecular formula is C18H28ClIN4O. The Balaban J connectivity index is 0.00000312. The molecule has 7 heteroatoms. The van der Waals surface area contributed by atoms with Gasteiger partial charge in [-0.3, -0.25) is 9.79 Å². The van der Waals surface area contributed by atoms with E-state index in [-0.39, 0.29) is 35.3 Å². The van der Waals surface area contributed by atoms with Crippen LogP contribution in [0.4, 0.5) is 0 Å². The number of halogens is 2. The van der Waals surface area contributed by atoms with Crippen LogP contribution in [-0.4, -0.2) is 31.5 Å². The molecule has 1 aromatic rings. The molecule has 0 saturated heterocycles. The Morgan fingerprint density at radius 2 is 2.04 bits per heavy atom. The van der Waals surface area contributed by atoms with Crippen LogP contribution in [0.25, 0.3) is 0 Å². The van der Waals surface area contributed by atoms with Crippen LogP contribution in [0.2, 0.25) is 5.02 Å². The fraction of sp³-hybridized carbons (Fsp3) is 0.556. The van der Waals surface area contributed by atoms with Crippen molar-refractivity contribution in [2.45, 2.75) is 39.0 Å². The lowest BCUT2D eigenvalue weighted by atomic mass is 9.93. The molecule has 2 rings (SSSR count). The number of hydrogen-bond acceptors (Lipinski definition) is 2. The van der Waals surface area contributed by atoms with Crippen LogP contribution >= 0.6 is 35.6 Å². The maximum atomic E-state index is 11.4. The van der Waals surface area contributed by atoms with E-state index in [0.29, 0.717) is 12.5 Å². The number of carbonyl (C=O) groups excluding carboxylic acids is 1. The number of benzene rings is 1. The summed E-state index contributed by atoms with van der Waals surface area (Å²) in [7, 11) is 0. The molecule has 5 nitrogen and oxygen atoms in total. The summed E-state index contributed by atoms with van der Waals surface area (Å²) in [5, 5.41) is 7.38. The summed E-state index contributed by atoms with van der Waals surface area (Å²) >= 11 is 6.12. The third-order valence-corrected chi connectivity index (χ3v) is 4.76. The van der Waals surface area contributed by atoms with Gasteiger partial charge in [-0.15, -0.1) is 24.0 Å². The fourth-order valence-electron chi connectivity index (χ4n) is 2.49. The van der Waals surface area contributed by atoms with Gasteiger partial charge in [-0.2, -0.15) is 0 Å². The van der Waals surface area contributed by atoms with Crippen LogP contribution in [0, 0.1) is 5.41 Å². The zero-order chi connectivity index (χ0) is 17.8. The highest BCUT2D eigenvalue weighted by molar-refractivity contribution is 14.0. The molecule has 1 aliphatic carbocycles. The Morgan fingerprint density at radius 1 is 1.36 bits per heavy atom. The lowest BCUT2D eigenvalue weighted by Crippen LogP contribution is -2.42. The van der Waals surface area contributed by atoms with Crippen molar-refractivity contribution in [1.29, 1.82) is 0 Å². The molecule has 1 fully saturated rings. The average Bonchev–Trinajstić information content (AvgIpc) is 3.31. The van der Waals surface area contributed by atoms with Crippen molar-refractivity contribution in [3.63, 3.8) is 0 Å². The molecule has 1 saturated carbocycles. The first-order valence-corrected chi connectivity index (χ1v) is 8.75. The zero-order valence-corrected chi connectivity index (χ0v) is 18.2. The molecule has 140 valence electrons. The molecule has 0 radical (unpaired) electrons. The minimum atomic E-state index is -0.660. The second kappa shape index (κ2) is 9.07. The van der Waals surface area contributed by atoms with Crippen LogP contribution in [0.1, 0.15) is 39.2 Å². The SMILES string of the molecule is CCNC(=NCC(C)(C)C(N)=O)NCC1(c2cccc(Cl)c2)CC1.I. The number of nitrogens with one attached hydrogen (secondary N) is 2. The van der Waals surface area contributed by atoms with Crippen molar-refractivity contribution in [3.8, 4) is 0 Å². The van der Waals surface area contributed by atoms with Gasteiger partial charge in [0.1, 0.15) is 0 Å². The molecule has 4 N–H and O–H groups in total. The van der Waals surface area contributed by atoms with Gasteiger partial charge in [0.25, 0.3) is 0 Å². The second-order valence-corrected chi connectivity index (χ2v) is 7.52. The minimum absolute atomic E-state index is 0. The average molecular weight is 479 g/mol. The molecule has 0 atom stereocenters. The van der Waals surface area contributed by atoms with Gasteiger partial charge in [0.15, 0.2) is 5.96 Å². The number of aliphatic imine (C=N–C) groups is 1. The summed E-state index contributed by atoms with van der Waals surface area (Å²) in [5.41, 5.74) is 6.14.